The number of aliphatic imine (C=N–C) groups is 1. The molecule has 1 unspecified atom stereocenters. The number of carbonyl (C=O) groups is 1. The van der Waals surface area contributed by atoms with Crippen LogP contribution < -0.4 is 5.73 Å². The van der Waals surface area contributed by atoms with Gasteiger partial charge in [-0.1, -0.05) is 0 Å². The van der Waals surface area contributed by atoms with Gasteiger partial charge >= 0.3 is 0 Å². The summed E-state index contributed by atoms with van der Waals surface area (Å²) in [4.78, 5) is 22.8. The van der Waals surface area contributed by atoms with Crippen LogP contribution in [0.2, 0.25) is 0 Å². The van der Waals surface area contributed by atoms with Gasteiger partial charge in [0.25, 0.3) is 5.91 Å². The van der Waals surface area contributed by atoms with E-state index in [1.807, 2.05) is 53.8 Å². The first-order chi connectivity index (χ1) is 16.5. The maximum Gasteiger partial charge on any atom is 0.258 e. The number of fused-ring (bicyclic) bond motifs is 1. The van der Waals surface area contributed by atoms with Crippen molar-refractivity contribution >= 4 is 24.1 Å². The fourth-order valence-electron chi connectivity index (χ4n) is 4.99. The Kier molecular flexibility index (Phi) is 5.91. The number of likely N-dealkylation sites (tertiary alicyclic amines) is 2. The fraction of sp³-hybridized carbons (Fsp3) is 0.458. The fourth-order valence-corrected chi connectivity index (χ4v) is 4.99. The van der Waals surface area contributed by atoms with E-state index in [0.29, 0.717) is 23.6 Å². The number of hydrogen-bond donors (Lipinski definition) is 1. The molecule has 10 nitrogen and oxygen atoms in total. The molecule has 0 aromatic carbocycles. The van der Waals surface area contributed by atoms with Crippen LogP contribution >= 0.6 is 0 Å². The van der Waals surface area contributed by atoms with E-state index in [1.54, 1.807) is 5.01 Å². The second-order valence-electron chi connectivity index (χ2n) is 9.18. The Morgan fingerprint density at radius 2 is 2.09 bits per heavy atom. The summed E-state index contributed by atoms with van der Waals surface area (Å²) in [5.41, 5.74) is 8.29. The molecule has 10 heteroatoms. The van der Waals surface area contributed by atoms with E-state index in [9.17, 15) is 4.79 Å². The van der Waals surface area contributed by atoms with Crippen LogP contribution in [0.15, 0.2) is 52.1 Å². The third-order valence-corrected chi connectivity index (χ3v) is 6.79. The minimum atomic E-state index is -0.109. The molecule has 5 rings (SSSR count). The largest absolute Gasteiger partial charge is 0.355 e. The van der Waals surface area contributed by atoms with Crippen molar-refractivity contribution in [3.05, 3.63) is 53.4 Å². The maximum absolute atomic E-state index is 13.7. The van der Waals surface area contributed by atoms with Gasteiger partial charge in [0.15, 0.2) is 11.5 Å². The SMILES string of the molecule is C=NN1C=C(C)C(N2CC[C@H](N)C2)=N/C1=C/C1CCCCN1C(=O)c1cccn2c(C)nnc12. The minimum absolute atomic E-state index is 0.0464. The quantitative estimate of drug-likeness (QED) is 0.702. The molecule has 0 aliphatic carbocycles. The summed E-state index contributed by atoms with van der Waals surface area (Å²) in [5.74, 6) is 2.30. The zero-order chi connectivity index (χ0) is 23.8. The highest BCUT2D eigenvalue weighted by Crippen LogP contribution is 2.27. The van der Waals surface area contributed by atoms with E-state index in [1.165, 1.54) is 0 Å². The molecule has 3 aliphatic heterocycles. The summed E-state index contributed by atoms with van der Waals surface area (Å²) in [5, 5.41) is 14.2. The Hall–Kier alpha value is -3.53. The Morgan fingerprint density at radius 1 is 1.24 bits per heavy atom. The van der Waals surface area contributed by atoms with Crippen LogP contribution in [-0.2, 0) is 0 Å². The molecule has 2 saturated heterocycles. The minimum Gasteiger partial charge on any atom is -0.355 e. The maximum atomic E-state index is 13.7. The number of aryl methyl sites for hydroxylation is 1. The van der Waals surface area contributed by atoms with Gasteiger partial charge in [0.05, 0.1) is 11.6 Å². The first kappa shape index (κ1) is 22.3. The smallest absolute Gasteiger partial charge is 0.258 e. The second-order valence-corrected chi connectivity index (χ2v) is 9.18. The van der Waals surface area contributed by atoms with Crippen molar-refractivity contribution in [2.75, 3.05) is 19.6 Å². The first-order valence-electron chi connectivity index (χ1n) is 11.8. The van der Waals surface area contributed by atoms with Crippen molar-refractivity contribution < 1.29 is 4.79 Å². The summed E-state index contributed by atoms with van der Waals surface area (Å²) in [6, 6.07) is 3.74. The molecule has 0 bridgehead atoms. The lowest BCUT2D eigenvalue weighted by Gasteiger charge is -2.35. The Balaban J connectivity index is 1.48. The van der Waals surface area contributed by atoms with E-state index in [-0.39, 0.29) is 18.0 Å². The summed E-state index contributed by atoms with van der Waals surface area (Å²) < 4.78 is 1.85. The van der Waals surface area contributed by atoms with E-state index in [2.05, 4.69) is 26.9 Å². The van der Waals surface area contributed by atoms with Crippen LogP contribution in [0.1, 0.15) is 48.8 Å². The number of hydrazone groups is 1. The summed E-state index contributed by atoms with van der Waals surface area (Å²) in [7, 11) is 0. The second kappa shape index (κ2) is 9.02. The van der Waals surface area contributed by atoms with E-state index < -0.39 is 0 Å². The third-order valence-electron chi connectivity index (χ3n) is 6.79. The highest BCUT2D eigenvalue weighted by molar-refractivity contribution is 6.00. The molecule has 2 aromatic heterocycles. The van der Waals surface area contributed by atoms with Gasteiger partial charge in [0, 0.05) is 50.4 Å². The van der Waals surface area contributed by atoms with Gasteiger partial charge in [-0.25, -0.2) is 10.0 Å². The predicted octanol–water partition coefficient (Wildman–Crippen LogP) is 2.14. The van der Waals surface area contributed by atoms with Crippen molar-refractivity contribution in [1.29, 1.82) is 0 Å². The number of piperidine rings is 1. The standard InChI is InChI=1S/C24H31N9O/c1-16-14-33(26-3)21(27-22(16)30-12-9-18(25)15-30)13-19-7-4-5-10-32(19)24(34)20-8-6-11-31-17(2)28-29-23(20)31/h6,8,11,13-14,18-19H,3-5,7,9-10,12,15,25H2,1-2H3/b21-13-/t18-,19?/m0/s1. The highest BCUT2D eigenvalue weighted by atomic mass is 16.2. The number of amides is 1. The van der Waals surface area contributed by atoms with Crippen LogP contribution in [0.3, 0.4) is 0 Å². The van der Waals surface area contributed by atoms with Crippen molar-refractivity contribution in [1.82, 2.24) is 29.4 Å². The van der Waals surface area contributed by atoms with Crippen LogP contribution in [0.5, 0.6) is 0 Å². The lowest BCUT2D eigenvalue weighted by molar-refractivity contribution is 0.0663. The molecule has 1 amide bonds. The van der Waals surface area contributed by atoms with Gasteiger partial charge in [-0.3, -0.25) is 9.20 Å². The molecule has 5 heterocycles. The van der Waals surface area contributed by atoms with Crippen molar-refractivity contribution in [2.24, 2.45) is 15.8 Å². The van der Waals surface area contributed by atoms with Gasteiger partial charge in [-0.05, 0) is 57.7 Å². The number of nitrogens with two attached hydrogens (primary N) is 1. The zero-order valence-electron chi connectivity index (χ0n) is 19.8. The lowest BCUT2D eigenvalue weighted by atomic mass is 10.00. The molecular formula is C24H31N9O. The van der Waals surface area contributed by atoms with Gasteiger partial charge in [0.2, 0.25) is 0 Å². The third kappa shape index (κ3) is 3.98. The molecule has 178 valence electrons. The Labute approximate surface area is 199 Å². The molecule has 3 aliphatic rings. The van der Waals surface area contributed by atoms with Gasteiger partial charge in [0.1, 0.15) is 11.7 Å². The molecule has 34 heavy (non-hydrogen) atoms. The van der Waals surface area contributed by atoms with Gasteiger partial charge < -0.3 is 15.5 Å². The number of pyridine rings is 1. The summed E-state index contributed by atoms with van der Waals surface area (Å²) in [6.45, 7) is 9.97. The van der Waals surface area contributed by atoms with Crippen molar-refractivity contribution in [3.8, 4) is 0 Å². The van der Waals surface area contributed by atoms with E-state index >= 15 is 0 Å². The number of aromatic nitrogens is 3. The Morgan fingerprint density at radius 3 is 2.85 bits per heavy atom. The molecule has 0 spiro atoms. The van der Waals surface area contributed by atoms with E-state index in [0.717, 1.165) is 56.0 Å². The number of rotatable bonds is 3. The molecule has 0 radical (unpaired) electrons. The van der Waals surface area contributed by atoms with Crippen molar-refractivity contribution in [3.63, 3.8) is 0 Å². The van der Waals surface area contributed by atoms with Gasteiger partial charge in [-0.15, -0.1) is 10.2 Å². The van der Waals surface area contributed by atoms with E-state index in [4.69, 9.17) is 10.7 Å². The van der Waals surface area contributed by atoms with Crippen LogP contribution in [-0.4, -0.2) is 79.6 Å². The molecule has 0 saturated carbocycles. The number of amidine groups is 1. The van der Waals surface area contributed by atoms with Gasteiger partial charge in [-0.2, -0.15) is 5.10 Å². The van der Waals surface area contributed by atoms with Crippen molar-refractivity contribution in [2.45, 2.75) is 51.6 Å². The molecular weight excluding hydrogens is 430 g/mol. The normalized spacial score (nSPS) is 24.6. The summed E-state index contributed by atoms with van der Waals surface area (Å²) >= 11 is 0. The summed E-state index contributed by atoms with van der Waals surface area (Å²) in [6.07, 6.45) is 9.68. The molecule has 2 fully saturated rings. The average Bonchev–Trinajstić information content (AvgIpc) is 3.45. The van der Waals surface area contributed by atoms with Crippen LogP contribution in [0.25, 0.3) is 5.65 Å². The molecule has 2 aromatic rings. The van der Waals surface area contributed by atoms with Crippen LogP contribution in [0.4, 0.5) is 0 Å². The number of hydrogen-bond acceptors (Lipinski definition) is 8. The highest BCUT2D eigenvalue weighted by Gasteiger charge is 2.31. The number of nitrogens with zero attached hydrogens (tertiary/aromatic N) is 8. The average molecular weight is 462 g/mol. The topological polar surface area (TPSA) is 108 Å². The lowest BCUT2D eigenvalue weighted by Crippen LogP contribution is -2.43. The zero-order valence-corrected chi connectivity index (χ0v) is 19.8. The predicted molar refractivity (Wildman–Crippen MR) is 131 cm³/mol. The molecule has 2 N–H and O–H groups in total. The first-order valence-corrected chi connectivity index (χ1v) is 11.8. The number of carbonyl (C=O) groups excluding carboxylic acids is 1. The Bertz CT molecular complexity index is 1210. The monoisotopic (exact) mass is 461 g/mol. The molecule has 2 atom stereocenters. The van der Waals surface area contributed by atoms with Crippen LogP contribution in [0, 0.1) is 6.92 Å².